The predicted molar refractivity (Wildman–Crippen MR) is 80.3 cm³/mol. The van der Waals surface area contributed by atoms with Gasteiger partial charge in [-0.25, -0.2) is 0 Å². The fourth-order valence-electron chi connectivity index (χ4n) is 3.50. The molecule has 20 heavy (non-hydrogen) atoms. The molecule has 1 saturated carbocycles. The van der Waals surface area contributed by atoms with Crippen LogP contribution in [-0.2, 0) is 17.8 Å². The van der Waals surface area contributed by atoms with Crippen LogP contribution < -0.4 is 10.6 Å². The molecule has 1 aromatic rings. The summed E-state index contributed by atoms with van der Waals surface area (Å²) in [5.74, 6) is 0.169. The lowest BCUT2D eigenvalue weighted by atomic mass is 9.91. The Morgan fingerprint density at radius 2 is 2.05 bits per heavy atom. The van der Waals surface area contributed by atoms with Crippen molar-refractivity contribution in [2.75, 3.05) is 0 Å². The highest BCUT2D eigenvalue weighted by molar-refractivity contribution is 5.82. The number of rotatable bonds is 2. The van der Waals surface area contributed by atoms with E-state index in [9.17, 15) is 4.79 Å². The van der Waals surface area contributed by atoms with Crippen LogP contribution in [-0.4, -0.2) is 18.0 Å². The summed E-state index contributed by atoms with van der Waals surface area (Å²) in [7, 11) is 0. The van der Waals surface area contributed by atoms with Gasteiger partial charge in [-0.15, -0.1) is 0 Å². The van der Waals surface area contributed by atoms with Gasteiger partial charge in [0, 0.05) is 12.6 Å². The highest BCUT2D eigenvalue weighted by atomic mass is 16.2. The Morgan fingerprint density at radius 3 is 2.75 bits per heavy atom. The number of carbonyl (C=O) groups excluding carboxylic acids is 1. The average Bonchev–Trinajstić information content (AvgIpc) is 2.77. The molecule has 3 heteroatoms. The number of hydrogen-bond acceptors (Lipinski definition) is 2. The second-order valence-corrected chi connectivity index (χ2v) is 7.02. The Labute approximate surface area is 121 Å². The zero-order chi connectivity index (χ0) is 14.2. The van der Waals surface area contributed by atoms with Gasteiger partial charge in [0.2, 0.25) is 5.91 Å². The van der Waals surface area contributed by atoms with E-state index in [1.807, 2.05) is 0 Å². The van der Waals surface area contributed by atoms with Crippen molar-refractivity contribution >= 4 is 5.91 Å². The maximum Gasteiger partial charge on any atom is 0.237 e. The van der Waals surface area contributed by atoms with Crippen molar-refractivity contribution in [2.24, 2.45) is 5.41 Å². The summed E-state index contributed by atoms with van der Waals surface area (Å²) < 4.78 is 0. The standard InChI is InChI=1S/C17H24N2O/c1-17(2)8-7-14(10-17)19-16(20)15-9-12-5-3-4-6-13(12)11-18-15/h3-6,14-15,18H,7-11H2,1-2H3,(H,19,20)/t14?,15-/m1/s1. The van der Waals surface area contributed by atoms with Crippen molar-refractivity contribution in [3.05, 3.63) is 35.4 Å². The van der Waals surface area contributed by atoms with Crippen LogP contribution in [0.25, 0.3) is 0 Å². The minimum Gasteiger partial charge on any atom is -0.352 e. The summed E-state index contributed by atoms with van der Waals surface area (Å²) in [5, 5.41) is 6.59. The molecule has 2 atom stereocenters. The van der Waals surface area contributed by atoms with Crippen LogP contribution in [0.2, 0.25) is 0 Å². The van der Waals surface area contributed by atoms with Gasteiger partial charge in [0.05, 0.1) is 6.04 Å². The molecule has 1 aromatic carbocycles. The Hall–Kier alpha value is -1.35. The Bertz CT molecular complexity index is 509. The van der Waals surface area contributed by atoms with E-state index in [2.05, 4.69) is 48.7 Å². The SMILES string of the molecule is CC1(C)CCC(NC(=O)[C@H]2Cc3ccccc3CN2)C1. The molecule has 1 aliphatic heterocycles. The Kier molecular flexibility index (Phi) is 3.55. The van der Waals surface area contributed by atoms with Crippen molar-refractivity contribution in [3.63, 3.8) is 0 Å². The zero-order valence-electron chi connectivity index (χ0n) is 12.4. The topological polar surface area (TPSA) is 41.1 Å². The average molecular weight is 272 g/mol. The number of hydrogen-bond donors (Lipinski definition) is 2. The van der Waals surface area contributed by atoms with E-state index in [1.54, 1.807) is 0 Å². The quantitative estimate of drug-likeness (QED) is 0.868. The first kappa shape index (κ1) is 13.6. The summed E-state index contributed by atoms with van der Waals surface area (Å²) in [6.45, 7) is 5.37. The van der Waals surface area contributed by atoms with Gasteiger partial charge in [-0.1, -0.05) is 38.1 Å². The summed E-state index contributed by atoms with van der Waals surface area (Å²) >= 11 is 0. The summed E-state index contributed by atoms with van der Waals surface area (Å²) in [4.78, 5) is 12.4. The van der Waals surface area contributed by atoms with Gasteiger partial charge in [-0.2, -0.15) is 0 Å². The van der Waals surface area contributed by atoms with E-state index in [-0.39, 0.29) is 11.9 Å². The smallest absolute Gasteiger partial charge is 0.237 e. The van der Waals surface area contributed by atoms with Gasteiger partial charge >= 0.3 is 0 Å². The number of amides is 1. The third-order valence-corrected chi connectivity index (χ3v) is 4.71. The van der Waals surface area contributed by atoms with Crippen molar-refractivity contribution in [1.29, 1.82) is 0 Å². The number of nitrogens with one attached hydrogen (secondary N) is 2. The third-order valence-electron chi connectivity index (χ3n) is 4.71. The van der Waals surface area contributed by atoms with Gasteiger partial charge < -0.3 is 10.6 Å². The lowest BCUT2D eigenvalue weighted by molar-refractivity contribution is -0.124. The molecule has 0 spiro atoms. The monoisotopic (exact) mass is 272 g/mol. The number of carbonyl (C=O) groups is 1. The fourth-order valence-corrected chi connectivity index (χ4v) is 3.50. The van der Waals surface area contributed by atoms with Crippen LogP contribution in [0.4, 0.5) is 0 Å². The molecular formula is C17H24N2O. The van der Waals surface area contributed by atoms with Crippen LogP contribution in [0.3, 0.4) is 0 Å². The molecule has 1 heterocycles. The normalized spacial score (nSPS) is 27.9. The molecule has 108 valence electrons. The molecule has 1 fully saturated rings. The highest BCUT2D eigenvalue weighted by Crippen LogP contribution is 2.36. The second kappa shape index (κ2) is 5.21. The van der Waals surface area contributed by atoms with E-state index in [4.69, 9.17) is 0 Å². The van der Waals surface area contributed by atoms with Gasteiger partial charge in [0.15, 0.2) is 0 Å². The van der Waals surface area contributed by atoms with Crippen LogP contribution >= 0.6 is 0 Å². The van der Waals surface area contributed by atoms with Crippen LogP contribution in [0.15, 0.2) is 24.3 Å². The molecule has 0 aromatic heterocycles. The zero-order valence-corrected chi connectivity index (χ0v) is 12.4. The molecule has 3 rings (SSSR count). The van der Waals surface area contributed by atoms with Crippen molar-refractivity contribution in [1.82, 2.24) is 10.6 Å². The molecule has 0 bridgehead atoms. The van der Waals surface area contributed by atoms with E-state index in [1.165, 1.54) is 17.5 Å². The van der Waals surface area contributed by atoms with Crippen molar-refractivity contribution in [2.45, 2.75) is 58.2 Å². The summed E-state index contributed by atoms with van der Waals surface area (Å²) in [6.07, 6.45) is 4.22. The lowest BCUT2D eigenvalue weighted by Gasteiger charge is -2.27. The van der Waals surface area contributed by atoms with Crippen LogP contribution in [0.1, 0.15) is 44.2 Å². The minimum absolute atomic E-state index is 0.0754. The maximum atomic E-state index is 12.4. The molecule has 2 N–H and O–H groups in total. The first-order chi connectivity index (χ1) is 9.53. The predicted octanol–water partition coefficient (Wildman–Crippen LogP) is 2.40. The number of benzene rings is 1. The molecule has 1 aliphatic carbocycles. The van der Waals surface area contributed by atoms with Gasteiger partial charge in [0.25, 0.3) is 0 Å². The third kappa shape index (κ3) is 2.88. The first-order valence-corrected chi connectivity index (χ1v) is 7.64. The molecule has 1 unspecified atom stereocenters. The molecule has 2 aliphatic rings. The van der Waals surface area contributed by atoms with E-state index >= 15 is 0 Å². The van der Waals surface area contributed by atoms with Gasteiger partial charge in [0.1, 0.15) is 0 Å². The molecule has 1 amide bonds. The molecular weight excluding hydrogens is 248 g/mol. The van der Waals surface area contributed by atoms with Crippen molar-refractivity contribution < 1.29 is 4.79 Å². The van der Waals surface area contributed by atoms with Crippen LogP contribution in [0.5, 0.6) is 0 Å². The molecule has 0 saturated heterocycles. The Morgan fingerprint density at radius 1 is 1.30 bits per heavy atom. The Balaban J connectivity index is 1.59. The lowest BCUT2D eigenvalue weighted by Crippen LogP contribution is -2.50. The largest absolute Gasteiger partial charge is 0.352 e. The first-order valence-electron chi connectivity index (χ1n) is 7.64. The van der Waals surface area contributed by atoms with Gasteiger partial charge in [-0.05, 0) is 42.2 Å². The molecule has 3 nitrogen and oxygen atoms in total. The van der Waals surface area contributed by atoms with Gasteiger partial charge in [-0.3, -0.25) is 4.79 Å². The summed E-state index contributed by atoms with van der Waals surface area (Å²) in [6, 6.07) is 8.66. The fraction of sp³-hybridized carbons (Fsp3) is 0.588. The van der Waals surface area contributed by atoms with Crippen molar-refractivity contribution in [3.8, 4) is 0 Å². The minimum atomic E-state index is -0.0754. The van der Waals surface area contributed by atoms with E-state index < -0.39 is 0 Å². The molecule has 0 radical (unpaired) electrons. The highest BCUT2D eigenvalue weighted by Gasteiger charge is 2.33. The summed E-state index contributed by atoms with van der Waals surface area (Å²) in [5.41, 5.74) is 3.00. The maximum absolute atomic E-state index is 12.4. The van der Waals surface area contributed by atoms with E-state index in [0.717, 1.165) is 25.8 Å². The second-order valence-electron chi connectivity index (χ2n) is 7.02. The van der Waals surface area contributed by atoms with Crippen LogP contribution in [0, 0.1) is 5.41 Å². The van der Waals surface area contributed by atoms with E-state index in [0.29, 0.717) is 11.5 Å². The number of fused-ring (bicyclic) bond motifs is 1.